The number of rotatable bonds is 2. The summed E-state index contributed by atoms with van der Waals surface area (Å²) >= 11 is 0. The van der Waals surface area contributed by atoms with Crippen molar-refractivity contribution in [3.63, 3.8) is 0 Å². The summed E-state index contributed by atoms with van der Waals surface area (Å²) < 4.78 is 5.77. The maximum atomic E-state index is 12.5. The number of anilines is 1. The van der Waals surface area contributed by atoms with Crippen LogP contribution in [-0.2, 0) is 11.2 Å². The maximum absolute atomic E-state index is 12.5. The number of aryl methyl sites for hydroxylation is 1. The van der Waals surface area contributed by atoms with Gasteiger partial charge in [0.2, 0.25) is 5.91 Å². The molecule has 1 amide bonds. The fourth-order valence-electron chi connectivity index (χ4n) is 3.90. The van der Waals surface area contributed by atoms with Crippen molar-refractivity contribution in [2.75, 3.05) is 25.0 Å². The van der Waals surface area contributed by atoms with E-state index in [1.165, 1.54) is 5.56 Å². The lowest BCUT2D eigenvalue weighted by atomic mass is 9.91. The number of para-hydroxylation sites is 1. The van der Waals surface area contributed by atoms with Gasteiger partial charge in [0, 0.05) is 5.92 Å². The van der Waals surface area contributed by atoms with Gasteiger partial charge in [-0.05, 0) is 62.2 Å². The third-order valence-electron chi connectivity index (χ3n) is 5.30. The third kappa shape index (κ3) is 2.70. The Balaban J connectivity index is 0.00000144. The zero-order valence-electron chi connectivity index (χ0n) is 12.7. The molecular formula is C17H23ClN2O2. The number of carbonyl (C=O) groups is 1. The van der Waals surface area contributed by atoms with E-state index >= 15 is 0 Å². The number of fused-ring (bicyclic) bond motifs is 1. The highest BCUT2D eigenvalue weighted by atomic mass is 35.5. The Bertz CT molecular complexity index is 570. The Labute approximate surface area is 137 Å². The first-order valence-corrected chi connectivity index (χ1v) is 8.05. The molecule has 0 bridgehead atoms. The van der Waals surface area contributed by atoms with Crippen molar-refractivity contribution in [2.45, 2.75) is 32.1 Å². The largest absolute Gasteiger partial charge is 0.491 e. The highest BCUT2D eigenvalue weighted by molar-refractivity contribution is 5.96. The molecular weight excluding hydrogens is 300 g/mol. The van der Waals surface area contributed by atoms with E-state index in [1.807, 2.05) is 12.1 Å². The predicted molar refractivity (Wildman–Crippen MR) is 88.8 cm³/mol. The van der Waals surface area contributed by atoms with Crippen LogP contribution in [0.15, 0.2) is 18.2 Å². The zero-order chi connectivity index (χ0) is 14.3. The lowest BCUT2D eigenvalue weighted by Crippen LogP contribution is -2.31. The molecule has 0 aromatic heterocycles. The smallest absolute Gasteiger partial charge is 0.228 e. The Morgan fingerprint density at radius 3 is 2.95 bits per heavy atom. The molecule has 0 radical (unpaired) electrons. The molecule has 2 heterocycles. The van der Waals surface area contributed by atoms with Crippen molar-refractivity contribution in [3.05, 3.63) is 23.8 Å². The number of amides is 1. The number of hydrogen-bond acceptors (Lipinski definition) is 3. The highest BCUT2D eigenvalue weighted by Gasteiger charge is 2.57. The van der Waals surface area contributed by atoms with E-state index in [9.17, 15) is 4.79 Å². The van der Waals surface area contributed by atoms with Crippen molar-refractivity contribution in [2.24, 2.45) is 11.3 Å². The molecule has 1 atom stereocenters. The van der Waals surface area contributed by atoms with Gasteiger partial charge in [-0.3, -0.25) is 4.79 Å². The van der Waals surface area contributed by atoms with Crippen molar-refractivity contribution in [1.82, 2.24) is 5.32 Å². The fraction of sp³-hybridized carbons (Fsp3) is 0.588. The average molecular weight is 323 g/mol. The molecule has 4 rings (SSSR count). The molecule has 120 valence electrons. The van der Waals surface area contributed by atoms with Gasteiger partial charge in [-0.15, -0.1) is 12.4 Å². The van der Waals surface area contributed by atoms with Crippen LogP contribution in [0.25, 0.3) is 0 Å². The van der Waals surface area contributed by atoms with E-state index in [1.54, 1.807) is 0 Å². The summed E-state index contributed by atoms with van der Waals surface area (Å²) in [6, 6.07) is 6.06. The number of ether oxygens (including phenoxy) is 1. The average Bonchev–Trinajstić information content (AvgIpc) is 3.22. The van der Waals surface area contributed by atoms with E-state index in [2.05, 4.69) is 16.7 Å². The second-order valence-corrected chi connectivity index (χ2v) is 6.60. The Morgan fingerprint density at radius 2 is 2.14 bits per heavy atom. The molecule has 4 nitrogen and oxygen atoms in total. The van der Waals surface area contributed by atoms with Gasteiger partial charge in [0.25, 0.3) is 0 Å². The summed E-state index contributed by atoms with van der Waals surface area (Å²) in [7, 11) is 0. The van der Waals surface area contributed by atoms with E-state index in [4.69, 9.17) is 4.74 Å². The van der Waals surface area contributed by atoms with Crippen LogP contribution in [0.1, 0.15) is 31.2 Å². The van der Waals surface area contributed by atoms with Crippen LogP contribution in [0.3, 0.4) is 0 Å². The first-order valence-electron chi connectivity index (χ1n) is 8.05. The van der Waals surface area contributed by atoms with Gasteiger partial charge in [0.15, 0.2) is 0 Å². The lowest BCUT2D eigenvalue weighted by molar-refractivity contribution is -0.118. The molecule has 1 aliphatic carbocycles. The van der Waals surface area contributed by atoms with Gasteiger partial charge in [0.05, 0.1) is 12.3 Å². The maximum Gasteiger partial charge on any atom is 0.228 e. The van der Waals surface area contributed by atoms with Gasteiger partial charge in [0.1, 0.15) is 5.75 Å². The number of halogens is 1. The molecule has 22 heavy (non-hydrogen) atoms. The van der Waals surface area contributed by atoms with Gasteiger partial charge in [-0.2, -0.15) is 0 Å². The molecule has 1 aromatic carbocycles. The molecule has 2 N–H and O–H groups in total. The van der Waals surface area contributed by atoms with Crippen LogP contribution in [0.5, 0.6) is 5.75 Å². The number of hydrogen-bond donors (Lipinski definition) is 2. The minimum atomic E-state index is 0. The van der Waals surface area contributed by atoms with Crippen LogP contribution in [0, 0.1) is 11.3 Å². The summed E-state index contributed by atoms with van der Waals surface area (Å²) in [5.74, 6) is 1.26. The van der Waals surface area contributed by atoms with E-state index in [-0.39, 0.29) is 29.6 Å². The zero-order valence-corrected chi connectivity index (χ0v) is 13.5. The second kappa shape index (κ2) is 6.09. The molecule has 1 aromatic rings. The highest BCUT2D eigenvalue weighted by Crippen LogP contribution is 2.59. The van der Waals surface area contributed by atoms with Crippen LogP contribution in [0.4, 0.5) is 5.69 Å². The van der Waals surface area contributed by atoms with Crippen molar-refractivity contribution in [3.8, 4) is 5.75 Å². The number of benzene rings is 1. The van der Waals surface area contributed by atoms with E-state index in [0.717, 1.165) is 63.2 Å². The van der Waals surface area contributed by atoms with Crippen molar-refractivity contribution < 1.29 is 9.53 Å². The normalized spacial score (nSPS) is 24.6. The molecule has 3 aliphatic rings. The molecule has 1 spiro atoms. The van der Waals surface area contributed by atoms with E-state index < -0.39 is 0 Å². The monoisotopic (exact) mass is 322 g/mol. The van der Waals surface area contributed by atoms with Crippen molar-refractivity contribution in [1.29, 1.82) is 0 Å². The summed E-state index contributed by atoms with van der Waals surface area (Å²) in [6.07, 6.45) is 5.42. The van der Waals surface area contributed by atoms with Gasteiger partial charge in [-0.1, -0.05) is 12.1 Å². The standard InChI is InChI=1S/C17H22N2O2.ClH/c20-16(13-11-17(13)6-8-18-9-7-17)19-14-5-1-3-12-4-2-10-21-15(12)14;/h1,3,5,13,18H,2,4,6-11H2,(H,19,20);1H. The molecule has 1 unspecified atom stereocenters. The van der Waals surface area contributed by atoms with E-state index in [0.29, 0.717) is 0 Å². The SMILES string of the molecule is Cl.O=C(Nc1cccc2c1OCCC2)C1CC12CCNCC2. The molecule has 2 fully saturated rings. The van der Waals surface area contributed by atoms with Gasteiger partial charge < -0.3 is 15.4 Å². The van der Waals surface area contributed by atoms with Crippen LogP contribution >= 0.6 is 12.4 Å². The lowest BCUT2D eigenvalue weighted by Gasteiger charge is -2.24. The van der Waals surface area contributed by atoms with Gasteiger partial charge >= 0.3 is 0 Å². The first kappa shape index (κ1) is 15.6. The Kier molecular flexibility index (Phi) is 4.33. The minimum Gasteiger partial charge on any atom is -0.491 e. The fourth-order valence-corrected chi connectivity index (χ4v) is 3.90. The van der Waals surface area contributed by atoms with Gasteiger partial charge in [-0.25, -0.2) is 0 Å². The first-order chi connectivity index (χ1) is 10.3. The second-order valence-electron chi connectivity index (χ2n) is 6.60. The number of piperidine rings is 1. The summed E-state index contributed by atoms with van der Waals surface area (Å²) in [6.45, 7) is 2.85. The molecule has 1 saturated carbocycles. The van der Waals surface area contributed by atoms with Crippen LogP contribution in [0.2, 0.25) is 0 Å². The molecule has 1 saturated heterocycles. The minimum absolute atomic E-state index is 0. The topological polar surface area (TPSA) is 50.4 Å². The third-order valence-corrected chi connectivity index (χ3v) is 5.30. The summed E-state index contributed by atoms with van der Waals surface area (Å²) in [5.41, 5.74) is 2.35. The molecule has 2 aliphatic heterocycles. The van der Waals surface area contributed by atoms with Crippen molar-refractivity contribution >= 4 is 24.0 Å². The summed E-state index contributed by atoms with van der Waals surface area (Å²) in [4.78, 5) is 12.5. The van der Waals surface area contributed by atoms with Crippen LogP contribution in [-0.4, -0.2) is 25.6 Å². The molecule has 5 heteroatoms. The summed E-state index contributed by atoms with van der Waals surface area (Å²) in [5, 5.41) is 6.50. The van der Waals surface area contributed by atoms with Crippen LogP contribution < -0.4 is 15.4 Å². The quantitative estimate of drug-likeness (QED) is 0.880. The Hall–Kier alpha value is -1.26. The predicted octanol–water partition coefficient (Wildman–Crippen LogP) is 2.76. The number of carbonyl (C=O) groups excluding carboxylic acids is 1. The Morgan fingerprint density at radius 1 is 1.32 bits per heavy atom. The number of nitrogens with one attached hydrogen (secondary N) is 2.